The minimum Gasteiger partial charge on any atom is -0.381 e. The molecule has 1 amide bonds. The molecule has 0 spiro atoms. The predicted molar refractivity (Wildman–Crippen MR) is 118 cm³/mol. The fourth-order valence-electron chi connectivity index (χ4n) is 3.79. The van der Waals surface area contributed by atoms with Gasteiger partial charge in [-0.05, 0) is 30.9 Å². The number of hydrogen-bond donors (Lipinski definition) is 1. The highest BCUT2D eigenvalue weighted by Gasteiger charge is 2.35. The van der Waals surface area contributed by atoms with E-state index in [0.717, 1.165) is 30.2 Å². The molecule has 2 aromatic carbocycles. The number of benzene rings is 2. The van der Waals surface area contributed by atoms with Crippen molar-refractivity contribution < 1.29 is 17.9 Å². The highest BCUT2D eigenvalue weighted by Crippen LogP contribution is 2.34. The molecule has 0 aliphatic carbocycles. The van der Waals surface area contributed by atoms with E-state index in [0.29, 0.717) is 19.8 Å². The first-order valence-electron chi connectivity index (χ1n) is 10.2. The Labute approximate surface area is 179 Å². The monoisotopic (exact) mass is 430 g/mol. The number of nitrogens with zero attached hydrogens (tertiary/aromatic N) is 1. The van der Waals surface area contributed by atoms with E-state index in [4.69, 9.17) is 4.74 Å². The number of sulfonamides is 1. The Bertz CT molecular complexity index is 937. The molecule has 1 aliphatic heterocycles. The van der Waals surface area contributed by atoms with Crippen molar-refractivity contribution in [3.63, 3.8) is 0 Å². The first-order valence-corrected chi connectivity index (χ1v) is 12.0. The summed E-state index contributed by atoms with van der Waals surface area (Å²) < 4.78 is 31.3. The van der Waals surface area contributed by atoms with Gasteiger partial charge in [-0.15, -0.1) is 0 Å². The molecule has 2 aromatic rings. The fourth-order valence-corrected chi connectivity index (χ4v) is 4.53. The highest BCUT2D eigenvalue weighted by atomic mass is 32.2. The molecule has 1 N–H and O–H groups in total. The zero-order chi connectivity index (χ0) is 21.6. The van der Waals surface area contributed by atoms with Gasteiger partial charge in [0.2, 0.25) is 15.9 Å². The van der Waals surface area contributed by atoms with Crippen LogP contribution in [0.1, 0.15) is 29.5 Å². The average molecular weight is 431 g/mol. The van der Waals surface area contributed by atoms with Gasteiger partial charge in [-0.3, -0.25) is 4.79 Å². The van der Waals surface area contributed by atoms with Gasteiger partial charge < -0.3 is 10.1 Å². The van der Waals surface area contributed by atoms with Gasteiger partial charge in [-0.1, -0.05) is 60.2 Å². The van der Waals surface area contributed by atoms with E-state index >= 15 is 0 Å². The van der Waals surface area contributed by atoms with Crippen molar-refractivity contribution in [1.82, 2.24) is 9.62 Å². The second kappa shape index (κ2) is 9.73. The van der Waals surface area contributed by atoms with E-state index < -0.39 is 10.0 Å². The Balaban J connectivity index is 1.67. The van der Waals surface area contributed by atoms with Gasteiger partial charge in [0.15, 0.2) is 0 Å². The van der Waals surface area contributed by atoms with Crippen molar-refractivity contribution in [3.8, 4) is 0 Å². The largest absolute Gasteiger partial charge is 0.381 e. The van der Waals surface area contributed by atoms with E-state index in [2.05, 4.69) is 17.4 Å². The minimum atomic E-state index is -3.53. The third kappa shape index (κ3) is 5.90. The predicted octanol–water partition coefficient (Wildman–Crippen LogP) is 2.62. The Kier molecular flexibility index (Phi) is 7.28. The highest BCUT2D eigenvalue weighted by molar-refractivity contribution is 7.88. The summed E-state index contributed by atoms with van der Waals surface area (Å²) in [5.74, 6) is -0.297. The van der Waals surface area contributed by atoms with Crippen LogP contribution in [0.5, 0.6) is 0 Å². The first-order chi connectivity index (χ1) is 14.3. The van der Waals surface area contributed by atoms with Crippen LogP contribution in [0, 0.1) is 6.92 Å². The normalized spacial score (nSPS) is 16.4. The molecule has 0 unspecified atom stereocenters. The SMILES string of the molecule is Cc1ccc(CN(CC(=O)NCC2(c3ccccc3)CCOCC2)S(C)(=O)=O)cc1. The number of carbonyl (C=O) groups is 1. The third-order valence-electron chi connectivity index (χ3n) is 5.73. The van der Waals surface area contributed by atoms with Crippen molar-refractivity contribution in [1.29, 1.82) is 0 Å². The molecule has 0 bridgehead atoms. The van der Waals surface area contributed by atoms with Crippen molar-refractivity contribution >= 4 is 15.9 Å². The van der Waals surface area contributed by atoms with Crippen molar-refractivity contribution in [3.05, 3.63) is 71.3 Å². The van der Waals surface area contributed by atoms with Crippen LogP contribution in [0.15, 0.2) is 54.6 Å². The van der Waals surface area contributed by atoms with Gasteiger partial charge >= 0.3 is 0 Å². The average Bonchev–Trinajstić information content (AvgIpc) is 2.74. The lowest BCUT2D eigenvalue weighted by Gasteiger charge is -2.38. The molecule has 1 saturated heterocycles. The number of aryl methyl sites for hydroxylation is 1. The molecule has 1 aliphatic rings. The summed E-state index contributed by atoms with van der Waals surface area (Å²) in [6.45, 7) is 3.70. The fraction of sp³-hybridized carbons (Fsp3) is 0.435. The van der Waals surface area contributed by atoms with Crippen LogP contribution in [-0.4, -0.2) is 51.2 Å². The minimum absolute atomic E-state index is 0.171. The Morgan fingerprint density at radius 1 is 1.07 bits per heavy atom. The maximum atomic E-state index is 12.7. The summed E-state index contributed by atoms with van der Waals surface area (Å²) >= 11 is 0. The molecule has 30 heavy (non-hydrogen) atoms. The maximum absolute atomic E-state index is 12.7. The number of rotatable bonds is 8. The number of hydrogen-bond acceptors (Lipinski definition) is 4. The van der Waals surface area contributed by atoms with Gasteiger partial charge in [-0.2, -0.15) is 4.31 Å². The topological polar surface area (TPSA) is 75.7 Å². The zero-order valence-electron chi connectivity index (χ0n) is 17.6. The summed E-state index contributed by atoms with van der Waals surface area (Å²) in [6.07, 6.45) is 2.77. The molecule has 1 fully saturated rings. The number of amides is 1. The molecule has 6 nitrogen and oxygen atoms in total. The van der Waals surface area contributed by atoms with E-state index in [-0.39, 0.29) is 24.4 Å². The van der Waals surface area contributed by atoms with Crippen LogP contribution >= 0.6 is 0 Å². The lowest BCUT2D eigenvalue weighted by atomic mass is 9.74. The van der Waals surface area contributed by atoms with Gasteiger partial charge in [0, 0.05) is 31.7 Å². The van der Waals surface area contributed by atoms with Crippen LogP contribution in [-0.2, 0) is 31.5 Å². The third-order valence-corrected chi connectivity index (χ3v) is 6.92. The zero-order valence-corrected chi connectivity index (χ0v) is 18.5. The number of carbonyl (C=O) groups excluding carboxylic acids is 1. The lowest BCUT2D eigenvalue weighted by molar-refractivity contribution is -0.121. The molecule has 1 heterocycles. The summed E-state index contributed by atoms with van der Waals surface area (Å²) in [5, 5.41) is 2.99. The number of ether oxygens (including phenoxy) is 1. The Morgan fingerprint density at radius 3 is 2.30 bits per heavy atom. The van der Waals surface area contributed by atoms with Gasteiger partial charge in [-0.25, -0.2) is 8.42 Å². The summed E-state index contributed by atoms with van der Waals surface area (Å²) in [7, 11) is -3.53. The molecule has 0 aromatic heterocycles. The van der Waals surface area contributed by atoms with Gasteiger partial charge in [0.1, 0.15) is 0 Å². The maximum Gasteiger partial charge on any atom is 0.235 e. The molecule has 0 atom stereocenters. The van der Waals surface area contributed by atoms with Crippen LogP contribution < -0.4 is 5.32 Å². The second-order valence-corrected chi connectivity index (χ2v) is 10.0. The summed E-state index contributed by atoms with van der Waals surface area (Å²) in [4.78, 5) is 12.7. The quantitative estimate of drug-likeness (QED) is 0.699. The van der Waals surface area contributed by atoms with Crippen LogP contribution in [0.3, 0.4) is 0 Å². The molecular formula is C23H30N2O4S. The van der Waals surface area contributed by atoms with Gasteiger partial charge in [0.05, 0.1) is 12.8 Å². The molecule has 0 saturated carbocycles. The van der Waals surface area contributed by atoms with Crippen molar-refractivity contribution in [2.45, 2.75) is 31.7 Å². The van der Waals surface area contributed by atoms with Crippen LogP contribution in [0.25, 0.3) is 0 Å². The molecule has 0 radical (unpaired) electrons. The van der Waals surface area contributed by atoms with E-state index in [1.54, 1.807) is 0 Å². The molecule has 3 rings (SSSR count). The summed E-state index contributed by atoms with van der Waals surface area (Å²) in [6, 6.07) is 17.8. The van der Waals surface area contributed by atoms with E-state index in [1.165, 1.54) is 9.87 Å². The first kappa shape index (κ1) is 22.5. The second-order valence-electron chi connectivity index (χ2n) is 8.05. The van der Waals surface area contributed by atoms with Crippen molar-refractivity contribution in [2.24, 2.45) is 0 Å². The van der Waals surface area contributed by atoms with E-state index in [9.17, 15) is 13.2 Å². The van der Waals surface area contributed by atoms with Gasteiger partial charge in [0.25, 0.3) is 0 Å². The Hall–Kier alpha value is -2.22. The molecular weight excluding hydrogens is 400 g/mol. The number of nitrogens with one attached hydrogen (secondary N) is 1. The standard InChI is InChI=1S/C23H30N2O4S/c1-19-8-10-20(11-9-19)16-25(30(2,27)28)17-22(26)24-18-23(12-14-29-15-13-23)21-6-4-3-5-7-21/h3-11H,12-18H2,1-2H3,(H,24,26). The smallest absolute Gasteiger partial charge is 0.235 e. The van der Waals surface area contributed by atoms with E-state index in [1.807, 2.05) is 49.4 Å². The van der Waals surface area contributed by atoms with Crippen molar-refractivity contribution in [2.75, 3.05) is 32.6 Å². The molecule has 7 heteroatoms. The molecule has 162 valence electrons. The Morgan fingerprint density at radius 2 is 1.70 bits per heavy atom. The lowest BCUT2D eigenvalue weighted by Crippen LogP contribution is -2.47. The van der Waals surface area contributed by atoms with Crippen LogP contribution in [0.4, 0.5) is 0 Å². The van der Waals surface area contributed by atoms with Crippen LogP contribution in [0.2, 0.25) is 0 Å². The summed E-state index contributed by atoms with van der Waals surface area (Å²) in [5.41, 5.74) is 2.93.